The van der Waals surface area contributed by atoms with Crippen molar-refractivity contribution in [1.29, 1.82) is 0 Å². The van der Waals surface area contributed by atoms with Crippen molar-refractivity contribution in [2.45, 2.75) is 89.4 Å². The summed E-state index contributed by atoms with van der Waals surface area (Å²) in [6, 6.07) is 2.43. The average Bonchev–Trinajstić information content (AvgIpc) is 3.40. The monoisotopic (exact) mass is 592 g/mol. The third-order valence-electron chi connectivity index (χ3n) is 6.93. The van der Waals surface area contributed by atoms with Crippen LogP contribution in [-0.4, -0.2) is 74.8 Å². The van der Waals surface area contributed by atoms with E-state index in [1.165, 1.54) is 30.2 Å². The van der Waals surface area contributed by atoms with Gasteiger partial charge in [0.2, 0.25) is 27.7 Å². The Morgan fingerprint density at radius 2 is 1.71 bits per heavy atom. The maximum Gasteiger partial charge on any atom is 0.328 e. The lowest BCUT2D eigenvalue weighted by Crippen LogP contribution is -2.58. The molecule has 0 aliphatic carbocycles. The lowest BCUT2D eigenvalue weighted by atomic mass is 10.0. The summed E-state index contributed by atoms with van der Waals surface area (Å²) in [6.45, 7) is 13.0. The van der Waals surface area contributed by atoms with Gasteiger partial charge in [-0.05, 0) is 56.6 Å². The third kappa shape index (κ3) is 9.39. The van der Waals surface area contributed by atoms with Crippen molar-refractivity contribution in [3.63, 3.8) is 0 Å². The molecule has 1 saturated heterocycles. The Hall–Kier alpha value is -3.25. The maximum atomic E-state index is 13.7. The number of hydrogen-bond acceptors (Lipinski definition) is 7. The fourth-order valence-corrected chi connectivity index (χ4v) is 6.01. The second kappa shape index (κ2) is 15.1. The van der Waals surface area contributed by atoms with E-state index in [1.807, 2.05) is 20.8 Å². The molecule has 1 aromatic rings. The molecule has 1 aliphatic rings. The minimum Gasteiger partial charge on any atom is -0.467 e. The number of benzene rings is 1. The maximum absolute atomic E-state index is 13.7. The number of aryl methyl sites for hydroxylation is 1. The van der Waals surface area contributed by atoms with Crippen LogP contribution in [-0.2, 0) is 33.9 Å². The molecule has 2 unspecified atom stereocenters. The molecule has 11 nitrogen and oxygen atoms in total. The number of rotatable bonds is 14. The van der Waals surface area contributed by atoms with Gasteiger partial charge in [-0.1, -0.05) is 51.5 Å². The molecule has 0 radical (unpaired) electrons. The van der Waals surface area contributed by atoms with Crippen molar-refractivity contribution >= 4 is 33.7 Å². The number of sulfonamides is 1. The standard InChI is InChI=1S/C29H44N4O7S/c1-8-10-22(29(37)40-7)30-26(34)23(17-18(2)3)31-27(35)24-11-9-16-33(24)28(36)25(19(4)5)32-41(38,39)21-14-12-20(6)13-15-21/h8,12-15,18-19,22-25,32H,1,9-11,16-17H2,2-7H3,(H,30,34)(H,31,35)/t22?,23-,24-,25?/m0/s1. The SMILES string of the molecule is C=CCC(NC(=O)[C@H](CC(C)C)NC(=O)[C@@H]1CCCN1C(=O)C(NS(=O)(=O)c1ccc(C)cc1)C(C)C)C(=O)OC. The fourth-order valence-electron chi connectivity index (χ4n) is 4.67. The zero-order valence-electron chi connectivity index (χ0n) is 24.8. The number of methoxy groups -OCH3 is 1. The Balaban J connectivity index is 2.22. The van der Waals surface area contributed by atoms with Crippen molar-refractivity contribution in [2.75, 3.05) is 13.7 Å². The number of carbonyl (C=O) groups excluding carboxylic acids is 4. The topological polar surface area (TPSA) is 151 Å². The van der Waals surface area contributed by atoms with Gasteiger partial charge in [-0.2, -0.15) is 4.72 Å². The molecule has 1 aromatic carbocycles. The molecule has 2 rings (SSSR count). The smallest absolute Gasteiger partial charge is 0.328 e. The fraction of sp³-hybridized carbons (Fsp3) is 0.586. The van der Waals surface area contributed by atoms with Crippen LogP contribution < -0.4 is 15.4 Å². The van der Waals surface area contributed by atoms with Crippen molar-refractivity contribution in [2.24, 2.45) is 11.8 Å². The first-order chi connectivity index (χ1) is 19.2. The lowest BCUT2D eigenvalue weighted by molar-refractivity contribution is -0.145. The van der Waals surface area contributed by atoms with Crippen LogP contribution in [0.4, 0.5) is 0 Å². The van der Waals surface area contributed by atoms with Gasteiger partial charge < -0.3 is 20.3 Å². The van der Waals surface area contributed by atoms with Gasteiger partial charge in [0.05, 0.1) is 12.0 Å². The van der Waals surface area contributed by atoms with Crippen LogP contribution >= 0.6 is 0 Å². The van der Waals surface area contributed by atoms with Crippen LogP contribution in [0.2, 0.25) is 0 Å². The number of carbonyl (C=O) groups is 4. The van der Waals surface area contributed by atoms with Crippen molar-refractivity contribution in [3.05, 3.63) is 42.5 Å². The zero-order valence-corrected chi connectivity index (χ0v) is 25.6. The van der Waals surface area contributed by atoms with Gasteiger partial charge in [0.25, 0.3) is 0 Å². The molecule has 0 bridgehead atoms. The second-order valence-corrected chi connectivity index (χ2v) is 12.9. The Kier molecular flexibility index (Phi) is 12.5. The number of esters is 1. The van der Waals surface area contributed by atoms with Gasteiger partial charge in [-0.25, -0.2) is 13.2 Å². The predicted molar refractivity (Wildman–Crippen MR) is 155 cm³/mol. The summed E-state index contributed by atoms with van der Waals surface area (Å²) >= 11 is 0. The first kappa shape index (κ1) is 34.0. The highest BCUT2D eigenvalue weighted by Crippen LogP contribution is 2.22. The van der Waals surface area contributed by atoms with Gasteiger partial charge in [0.15, 0.2) is 0 Å². The van der Waals surface area contributed by atoms with E-state index in [4.69, 9.17) is 4.74 Å². The molecule has 0 aromatic heterocycles. The average molecular weight is 593 g/mol. The van der Waals surface area contributed by atoms with Crippen LogP contribution in [0.5, 0.6) is 0 Å². The molecule has 1 fully saturated rings. The van der Waals surface area contributed by atoms with Crippen molar-refractivity contribution < 1.29 is 32.3 Å². The minimum atomic E-state index is -4.00. The van der Waals surface area contributed by atoms with Gasteiger partial charge in [0, 0.05) is 6.54 Å². The normalized spacial score (nSPS) is 17.6. The Morgan fingerprint density at radius 3 is 2.24 bits per heavy atom. The van der Waals surface area contributed by atoms with Crippen LogP contribution in [0.15, 0.2) is 41.8 Å². The first-order valence-electron chi connectivity index (χ1n) is 13.9. The molecule has 0 spiro atoms. The summed E-state index contributed by atoms with van der Waals surface area (Å²) < 4.78 is 33.4. The summed E-state index contributed by atoms with van der Waals surface area (Å²) in [7, 11) is -2.78. The molecule has 1 heterocycles. The molecule has 0 saturated carbocycles. The first-order valence-corrected chi connectivity index (χ1v) is 15.4. The quantitative estimate of drug-likeness (QED) is 0.221. The molecule has 12 heteroatoms. The summed E-state index contributed by atoms with van der Waals surface area (Å²) in [5.74, 6) is -2.57. The number of nitrogens with zero attached hydrogens (tertiary/aromatic N) is 1. The van der Waals surface area contributed by atoms with E-state index in [-0.39, 0.29) is 23.8 Å². The number of hydrogen-bond donors (Lipinski definition) is 3. The summed E-state index contributed by atoms with van der Waals surface area (Å²) in [5, 5.41) is 5.39. The van der Waals surface area contributed by atoms with Crippen LogP contribution in [0, 0.1) is 18.8 Å². The van der Waals surface area contributed by atoms with E-state index >= 15 is 0 Å². The van der Waals surface area contributed by atoms with Crippen LogP contribution in [0.1, 0.15) is 58.9 Å². The molecule has 41 heavy (non-hydrogen) atoms. The summed E-state index contributed by atoms with van der Waals surface area (Å²) in [4.78, 5) is 53.8. The highest BCUT2D eigenvalue weighted by atomic mass is 32.2. The Morgan fingerprint density at radius 1 is 1.07 bits per heavy atom. The van der Waals surface area contributed by atoms with Crippen molar-refractivity contribution in [1.82, 2.24) is 20.3 Å². The Bertz CT molecular complexity index is 1200. The van der Waals surface area contributed by atoms with E-state index < -0.39 is 63.8 Å². The summed E-state index contributed by atoms with van der Waals surface area (Å²) in [5.41, 5.74) is 0.900. The van der Waals surface area contributed by atoms with Crippen molar-refractivity contribution in [3.8, 4) is 0 Å². The number of nitrogens with one attached hydrogen (secondary N) is 3. The highest BCUT2D eigenvalue weighted by molar-refractivity contribution is 7.89. The lowest BCUT2D eigenvalue weighted by Gasteiger charge is -2.31. The van der Waals surface area contributed by atoms with Gasteiger partial charge in [-0.15, -0.1) is 6.58 Å². The predicted octanol–water partition coefficient (Wildman–Crippen LogP) is 2.05. The summed E-state index contributed by atoms with van der Waals surface area (Å²) in [6.07, 6.45) is 2.85. The molecule has 4 atom stereocenters. The van der Waals surface area contributed by atoms with E-state index in [1.54, 1.807) is 26.0 Å². The minimum absolute atomic E-state index is 0.0323. The molecule has 1 aliphatic heterocycles. The van der Waals surface area contributed by atoms with E-state index in [9.17, 15) is 27.6 Å². The van der Waals surface area contributed by atoms with Gasteiger partial charge in [-0.3, -0.25) is 14.4 Å². The van der Waals surface area contributed by atoms with Crippen LogP contribution in [0.3, 0.4) is 0 Å². The largest absolute Gasteiger partial charge is 0.467 e. The number of amides is 3. The van der Waals surface area contributed by atoms with E-state index in [0.29, 0.717) is 19.3 Å². The molecule has 3 amide bonds. The van der Waals surface area contributed by atoms with Gasteiger partial charge in [0.1, 0.15) is 24.2 Å². The van der Waals surface area contributed by atoms with Crippen LogP contribution in [0.25, 0.3) is 0 Å². The number of ether oxygens (including phenoxy) is 1. The molecular weight excluding hydrogens is 548 g/mol. The Labute approximate surface area is 243 Å². The van der Waals surface area contributed by atoms with Gasteiger partial charge >= 0.3 is 5.97 Å². The molecule has 228 valence electrons. The number of likely N-dealkylation sites (tertiary alicyclic amines) is 1. The molecule has 3 N–H and O–H groups in total. The highest BCUT2D eigenvalue weighted by Gasteiger charge is 2.40. The zero-order chi connectivity index (χ0) is 30.9. The second-order valence-electron chi connectivity index (χ2n) is 11.1. The molecular formula is C29H44N4O7S. The van der Waals surface area contributed by atoms with E-state index in [0.717, 1.165) is 5.56 Å². The third-order valence-corrected chi connectivity index (χ3v) is 8.39. The van der Waals surface area contributed by atoms with E-state index in [2.05, 4.69) is 21.9 Å².